The van der Waals surface area contributed by atoms with Crippen molar-refractivity contribution in [1.82, 2.24) is 4.90 Å². The van der Waals surface area contributed by atoms with Gasteiger partial charge in [0.15, 0.2) is 0 Å². The number of likely N-dealkylation sites (tertiary alicyclic amines) is 1. The van der Waals surface area contributed by atoms with Gasteiger partial charge in [0.1, 0.15) is 5.60 Å². The minimum absolute atomic E-state index is 0.131. The number of halogens is 3. The predicted octanol–water partition coefficient (Wildman–Crippen LogP) is 3.60. The first-order valence-electron chi connectivity index (χ1n) is 8.03. The summed E-state index contributed by atoms with van der Waals surface area (Å²) in [6, 6.07) is 4.98. The summed E-state index contributed by atoms with van der Waals surface area (Å²) in [4.78, 5) is 19.2. The molecule has 7 heteroatoms. The van der Waals surface area contributed by atoms with E-state index in [-0.39, 0.29) is 5.91 Å². The van der Waals surface area contributed by atoms with Crippen molar-refractivity contribution in [3.8, 4) is 0 Å². The molecule has 0 bridgehead atoms. The van der Waals surface area contributed by atoms with Crippen molar-refractivity contribution in [2.75, 3.05) is 13.1 Å². The van der Waals surface area contributed by atoms with Crippen molar-refractivity contribution < 1.29 is 22.8 Å². The van der Waals surface area contributed by atoms with Crippen molar-refractivity contribution in [2.45, 2.75) is 44.4 Å². The Balaban J connectivity index is 1.64. The van der Waals surface area contributed by atoms with E-state index in [4.69, 9.17) is 4.84 Å². The maximum absolute atomic E-state index is 12.6. The first kappa shape index (κ1) is 16.8. The second kappa shape index (κ2) is 6.11. The van der Waals surface area contributed by atoms with Gasteiger partial charge in [-0.1, -0.05) is 24.2 Å². The zero-order valence-electron chi connectivity index (χ0n) is 13.4. The molecule has 1 aromatic rings. The van der Waals surface area contributed by atoms with Gasteiger partial charge >= 0.3 is 6.18 Å². The Morgan fingerprint density at radius 3 is 2.42 bits per heavy atom. The third kappa shape index (κ3) is 3.25. The van der Waals surface area contributed by atoms with Crippen LogP contribution in [0.3, 0.4) is 0 Å². The molecule has 1 fully saturated rings. The molecule has 130 valence electrons. The van der Waals surface area contributed by atoms with Crippen LogP contribution in [-0.2, 0) is 15.8 Å². The van der Waals surface area contributed by atoms with Gasteiger partial charge in [-0.05, 0) is 17.7 Å². The molecule has 0 saturated carbocycles. The molecule has 24 heavy (non-hydrogen) atoms. The summed E-state index contributed by atoms with van der Waals surface area (Å²) in [5, 5.41) is 4.10. The highest BCUT2D eigenvalue weighted by molar-refractivity contribution is 6.01. The third-order valence-corrected chi connectivity index (χ3v) is 4.71. The van der Waals surface area contributed by atoms with Crippen molar-refractivity contribution in [3.05, 3.63) is 35.4 Å². The van der Waals surface area contributed by atoms with Crippen LogP contribution in [0.4, 0.5) is 13.2 Å². The number of rotatable bonds is 2. The van der Waals surface area contributed by atoms with Gasteiger partial charge in [0, 0.05) is 38.8 Å². The molecule has 0 unspecified atom stereocenters. The van der Waals surface area contributed by atoms with Crippen LogP contribution in [0.2, 0.25) is 0 Å². The highest BCUT2D eigenvalue weighted by Crippen LogP contribution is 2.37. The van der Waals surface area contributed by atoms with Crippen LogP contribution in [0, 0.1) is 0 Å². The molecular formula is C17H19F3N2O2. The normalized spacial score (nSPS) is 20.0. The van der Waals surface area contributed by atoms with Gasteiger partial charge in [-0.3, -0.25) is 4.79 Å². The number of oxime groups is 1. The molecule has 2 heterocycles. The molecule has 4 nitrogen and oxygen atoms in total. The molecule has 2 aliphatic rings. The van der Waals surface area contributed by atoms with Gasteiger partial charge in [0.25, 0.3) is 0 Å². The summed E-state index contributed by atoms with van der Waals surface area (Å²) < 4.78 is 37.9. The van der Waals surface area contributed by atoms with Crippen LogP contribution in [-0.4, -0.2) is 35.2 Å². The topological polar surface area (TPSA) is 41.9 Å². The van der Waals surface area contributed by atoms with Gasteiger partial charge in [0.2, 0.25) is 5.91 Å². The summed E-state index contributed by atoms with van der Waals surface area (Å²) in [7, 11) is 0. The lowest BCUT2D eigenvalue weighted by Crippen LogP contribution is -2.46. The average molecular weight is 340 g/mol. The summed E-state index contributed by atoms with van der Waals surface area (Å²) in [5.41, 5.74) is 0.209. The van der Waals surface area contributed by atoms with E-state index in [9.17, 15) is 18.0 Å². The largest absolute Gasteiger partial charge is 0.416 e. The number of carbonyl (C=O) groups excluding carboxylic acids is 1. The molecule has 0 N–H and O–H groups in total. The smallest absolute Gasteiger partial charge is 0.388 e. The summed E-state index contributed by atoms with van der Waals surface area (Å²) >= 11 is 0. The molecule has 3 rings (SSSR count). The number of hydrogen-bond acceptors (Lipinski definition) is 3. The molecule has 1 aromatic carbocycles. The summed E-state index contributed by atoms with van der Waals surface area (Å²) in [6.07, 6.45) is -1.92. The van der Waals surface area contributed by atoms with Crippen molar-refractivity contribution >= 4 is 11.6 Å². The van der Waals surface area contributed by atoms with Gasteiger partial charge in [-0.2, -0.15) is 13.2 Å². The molecule has 0 radical (unpaired) electrons. The van der Waals surface area contributed by atoms with Crippen LogP contribution in [0.5, 0.6) is 0 Å². The number of carbonyl (C=O) groups is 1. The van der Waals surface area contributed by atoms with Gasteiger partial charge in [0.05, 0.1) is 11.3 Å². The van der Waals surface area contributed by atoms with Crippen molar-refractivity contribution in [2.24, 2.45) is 5.16 Å². The monoisotopic (exact) mass is 340 g/mol. The molecule has 2 aliphatic heterocycles. The molecular weight excluding hydrogens is 321 g/mol. The lowest BCUT2D eigenvalue weighted by molar-refractivity contribution is -0.138. The Bertz CT molecular complexity index is 645. The van der Waals surface area contributed by atoms with Crippen LogP contribution < -0.4 is 0 Å². The van der Waals surface area contributed by atoms with E-state index < -0.39 is 17.3 Å². The Kier molecular flexibility index (Phi) is 4.27. The van der Waals surface area contributed by atoms with Crippen molar-refractivity contribution in [1.29, 1.82) is 0 Å². The molecule has 0 atom stereocenters. The minimum Gasteiger partial charge on any atom is -0.388 e. The fourth-order valence-corrected chi connectivity index (χ4v) is 3.18. The second-order valence-corrected chi connectivity index (χ2v) is 6.30. The zero-order valence-corrected chi connectivity index (χ0v) is 13.4. The first-order chi connectivity index (χ1) is 11.3. The predicted molar refractivity (Wildman–Crippen MR) is 82.5 cm³/mol. The van der Waals surface area contributed by atoms with Gasteiger partial charge < -0.3 is 9.74 Å². The molecule has 1 spiro atoms. The number of alkyl halides is 3. The van der Waals surface area contributed by atoms with E-state index in [1.165, 1.54) is 12.1 Å². The fourth-order valence-electron chi connectivity index (χ4n) is 3.18. The first-order valence-corrected chi connectivity index (χ1v) is 8.03. The van der Waals surface area contributed by atoms with E-state index in [2.05, 4.69) is 5.16 Å². The number of hydrogen-bond donors (Lipinski definition) is 0. The van der Waals surface area contributed by atoms with Gasteiger partial charge in [-0.25, -0.2) is 0 Å². The molecule has 0 aliphatic carbocycles. The van der Waals surface area contributed by atoms with Crippen LogP contribution in [0.1, 0.15) is 43.7 Å². The maximum atomic E-state index is 12.6. The maximum Gasteiger partial charge on any atom is 0.416 e. The second-order valence-electron chi connectivity index (χ2n) is 6.30. The lowest BCUT2D eigenvalue weighted by Gasteiger charge is -2.37. The standard InChI is InChI=1S/C17H19F3N2O2/c1-2-15(23)22-9-7-16(8-10-22)11-14(21-24-16)12-3-5-13(6-4-12)17(18,19)20/h3-6H,2,7-11H2,1H3. The zero-order chi connectivity index (χ0) is 17.4. The Morgan fingerprint density at radius 1 is 1.25 bits per heavy atom. The third-order valence-electron chi connectivity index (χ3n) is 4.71. The van der Waals surface area contributed by atoms with E-state index in [1.807, 2.05) is 11.8 Å². The van der Waals surface area contributed by atoms with Crippen LogP contribution in [0.25, 0.3) is 0 Å². The van der Waals surface area contributed by atoms with E-state index in [0.717, 1.165) is 12.1 Å². The van der Waals surface area contributed by atoms with Crippen LogP contribution >= 0.6 is 0 Å². The van der Waals surface area contributed by atoms with Crippen molar-refractivity contribution in [3.63, 3.8) is 0 Å². The Morgan fingerprint density at radius 2 is 1.88 bits per heavy atom. The minimum atomic E-state index is -4.34. The highest BCUT2D eigenvalue weighted by Gasteiger charge is 2.43. The number of amides is 1. The lowest BCUT2D eigenvalue weighted by atomic mass is 9.85. The summed E-state index contributed by atoms with van der Waals surface area (Å²) in [5.74, 6) is 0.131. The quantitative estimate of drug-likeness (QED) is 0.825. The van der Waals surface area contributed by atoms with Gasteiger partial charge in [-0.15, -0.1) is 0 Å². The summed E-state index contributed by atoms with van der Waals surface area (Å²) in [6.45, 7) is 3.09. The van der Waals surface area contributed by atoms with E-state index >= 15 is 0 Å². The molecule has 0 aromatic heterocycles. The molecule has 1 saturated heterocycles. The van der Waals surface area contributed by atoms with Crippen LogP contribution in [0.15, 0.2) is 29.4 Å². The fraction of sp³-hybridized carbons (Fsp3) is 0.529. The Labute approximate surface area is 138 Å². The SMILES string of the molecule is CCC(=O)N1CCC2(CC1)CC(c1ccc(C(F)(F)F)cc1)=NO2. The van der Waals surface area contributed by atoms with E-state index in [1.54, 1.807) is 0 Å². The average Bonchev–Trinajstić information content (AvgIpc) is 2.98. The highest BCUT2D eigenvalue weighted by atomic mass is 19.4. The Hall–Kier alpha value is -2.05. The number of nitrogens with zero attached hydrogens (tertiary/aromatic N) is 2. The number of benzene rings is 1. The number of piperidine rings is 1. The van der Waals surface area contributed by atoms with E-state index in [0.29, 0.717) is 50.0 Å². The molecule has 1 amide bonds.